The second kappa shape index (κ2) is 9.04. The van der Waals surface area contributed by atoms with Crippen LogP contribution in [0.5, 0.6) is 5.75 Å². The number of benzene rings is 1. The monoisotopic (exact) mass is 387 g/mol. The molecule has 2 aromatic rings. The van der Waals surface area contributed by atoms with Crippen LogP contribution in [0.4, 0.5) is 5.00 Å². The summed E-state index contributed by atoms with van der Waals surface area (Å²) >= 11 is 1.49. The summed E-state index contributed by atoms with van der Waals surface area (Å²) in [6, 6.07) is 7.09. The number of hydrogen-bond donors (Lipinski definition) is 1. The molecule has 144 valence electrons. The molecule has 0 fully saturated rings. The van der Waals surface area contributed by atoms with Gasteiger partial charge in [-0.15, -0.1) is 11.3 Å². The molecule has 1 heterocycles. The van der Waals surface area contributed by atoms with Crippen LogP contribution in [0.1, 0.15) is 64.3 Å². The van der Waals surface area contributed by atoms with E-state index in [0.717, 1.165) is 37.7 Å². The first-order chi connectivity index (χ1) is 13.1. The van der Waals surface area contributed by atoms with Crippen molar-refractivity contribution in [3.8, 4) is 5.75 Å². The molecule has 0 atom stereocenters. The van der Waals surface area contributed by atoms with Crippen LogP contribution in [-0.4, -0.2) is 25.1 Å². The molecule has 0 aliphatic heterocycles. The van der Waals surface area contributed by atoms with Crippen molar-refractivity contribution in [2.24, 2.45) is 0 Å². The maximum atomic E-state index is 12.7. The Labute approximate surface area is 163 Å². The number of anilines is 1. The fourth-order valence-corrected chi connectivity index (χ4v) is 4.37. The highest BCUT2D eigenvalue weighted by molar-refractivity contribution is 7.17. The second-order valence-electron chi connectivity index (χ2n) is 6.53. The normalized spacial score (nSPS) is 12.5. The highest BCUT2D eigenvalue weighted by atomic mass is 32.1. The zero-order valence-corrected chi connectivity index (χ0v) is 16.6. The van der Waals surface area contributed by atoms with Gasteiger partial charge in [-0.1, -0.05) is 19.9 Å². The van der Waals surface area contributed by atoms with E-state index in [1.165, 1.54) is 16.2 Å². The van der Waals surface area contributed by atoms with Gasteiger partial charge in [-0.2, -0.15) is 0 Å². The lowest BCUT2D eigenvalue weighted by Crippen LogP contribution is -2.15. The summed E-state index contributed by atoms with van der Waals surface area (Å²) in [5, 5.41) is 3.51. The molecule has 27 heavy (non-hydrogen) atoms. The van der Waals surface area contributed by atoms with E-state index in [1.54, 1.807) is 18.2 Å². The van der Waals surface area contributed by atoms with Crippen molar-refractivity contribution in [1.29, 1.82) is 0 Å². The predicted octanol–water partition coefficient (Wildman–Crippen LogP) is 4.84. The molecule has 1 aliphatic carbocycles. The maximum absolute atomic E-state index is 12.7. The lowest BCUT2D eigenvalue weighted by molar-refractivity contribution is 0.0505. The van der Waals surface area contributed by atoms with Crippen LogP contribution in [-0.2, 0) is 17.6 Å². The molecule has 3 rings (SSSR count). The average molecular weight is 388 g/mol. The van der Waals surface area contributed by atoms with Crippen LogP contribution in [0, 0.1) is 0 Å². The zero-order chi connectivity index (χ0) is 19.2. The third-order valence-corrected chi connectivity index (χ3v) is 5.57. The van der Waals surface area contributed by atoms with Crippen LogP contribution in [0.25, 0.3) is 0 Å². The number of fused-ring (bicyclic) bond motifs is 1. The fraction of sp³-hybridized carbons (Fsp3) is 0.429. The standard InChI is InChI=1S/C21H25NO4S/c1-3-11-25-15-8-5-7-14(13-15)19(23)22-20-18(21(24)26-12-4-2)16-9-6-10-17(16)27-20/h5,7-8,13H,3-4,6,9-12H2,1-2H3,(H,22,23). The summed E-state index contributed by atoms with van der Waals surface area (Å²) in [7, 11) is 0. The van der Waals surface area contributed by atoms with Crippen molar-refractivity contribution in [3.05, 3.63) is 45.8 Å². The van der Waals surface area contributed by atoms with Crippen molar-refractivity contribution < 1.29 is 19.1 Å². The Balaban J connectivity index is 1.81. The topological polar surface area (TPSA) is 64.6 Å². The summed E-state index contributed by atoms with van der Waals surface area (Å²) in [6.45, 7) is 4.98. The molecule has 0 saturated carbocycles. The van der Waals surface area contributed by atoms with Crippen LogP contribution in [0.15, 0.2) is 24.3 Å². The van der Waals surface area contributed by atoms with Gasteiger partial charge in [-0.05, 0) is 55.9 Å². The highest BCUT2D eigenvalue weighted by Crippen LogP contribution is 2.39. The van der Waals surface area contributed by atoms with Crippen molar-refractivity contribution in [1.82, 2.24) is 0 Å². The molecule has 1 amide bonds. The number of thiophene rings is 1. The number of amides is 1. The Hall–Kier alpha value is -2.34. The van der Waals surface area contributed by atoms with Crippen molar-refractivity contribution in [2.45, 2.75) is 46.0 Å². The van der Waals surface area contributed by atoms with Crippen LogP contribution in [0.2, 0.25) is 0 Å². The first-order valence-electron chi connectivity index (χ1n) is 9.49. The number of aryl methyl sites for hydroxylation is 1. The summed E-state index contributed by atoms with van der Waals surface area (Å²) in [6.07, 6.45) is 4.52. The number of hydrogen-bond acceptors (Lipinski definition) is 5. The Bertz CT molecular complexity index is 828. The molecule has 0 spiro atoms. The molecule has 0 unspecified atom stereocenters. The molecule has 1 N–H and O–H groups in total. The van der Waals surface area contributed by atoms with Crippen LogP contribution in [0.3, 0.4) is 0 Å². The minimum absolute atomic E-state index is 0.249. The van der Waals surface area contributed by atoms with E-state index in [1.807, 2.05) is 19.9 Å². The zero-order valence-electron chi connectivity index (χ0n) is 15.8. The van der Waals surface area contributed by atoms with E-state index in [-0.39, 0.29) is 11.9 Å². The summed E-state index contributed by atoms with van der Waals surface area (Å²) in [5.41, 5.74) is 2.08. The van der Waals surface area contributed by atoms with Gasteiger partial charge in [0, 0.05) is 10.4 Å². The molecule has 1 aromatic carbocycles. The quantitative estimate of drug-likeness (QED) is 0.658. The number of carbonyl (C=O) groups excluding carboxylic acids is 2. The molecule has 0 bridgehead atoms. The van der Waals surface area contributed by atoms with E-state index < -0.39 is 0 Å². The Morgan fingerprint density at radius 3 is 2.74 bits per heavy atom. The minimum atomic E-state index is -0.341. The average Bonchev–Trinajstić information content (AvgIpc) is 3.25. The van der Waals surface area contributed by atoms with E-state index in [0.29, 0.717) is 35.1 Å². The number of carbonyl (C=O) groups is 2. The molecular formula is C21H25NO4S. The van der Waals surface area contributed by atoms with E-state index in [4.69, 9.17) is 9.47 Å². The number of nitrogens with one attached hydrogen (secondary N) is 1. The lowest BCUT2D eigenvalue weighted by Gasteiger charge is -2.10. The van der Waals surface area contributed by atoms with E-state index in [9.17, 15) is 9.59 Å². The van der Waals surface area contributed by atoms with Crippen molar-refractivity contribution in [3.63, 3.8) is 0 Å². The van der Waals surface area contributed by atoms with E-state index in [2.05, 4.69) is 5.32 Å². The molecule has 6 heteroatoms. The highest BCUT2D eigenvalue weighted by Gasteiger charge is 2.28. The van der Waals surface area contributed by atoms with Crippen molar-refractivity contribution in [2.75, 3.05) is 18.5 Å². The molecule has 1 aliphatic rings. The molecular weight excluding hydrogens is 362 g/mol. The molecule has 1 aromatic heterocycles. The van der Waals surface area contributed by atoms with Crippen LogP contribution >= 0.6 is 11.3 Å². The number of ether oxygens (including phenoxy) is 2. The van der Waals surface area contributed by atoms with Gasteiger partial charge in [0.05, 0.1) is 18.8 Å². The van der Waals surface area contributed by atoms with Gasteiger partial charge in [0.25, 0.3) is 5.91 Å². The molecule has 0 radical (unpaired) electrons. The smallest absolute Gasteiger partial charge is 0.341 e. The number of esters is 1. The molecule has 0 saturated heterocycles. The first kappa shape index (κ1) is 19.4. The van der Waals surface area contributed by atoms with Crippen LogP contribution < -0.4 is 10.1 Å². The SMILES string of the molecule is CCCOC(=O)c1c(NC(=O)c2cccc(OCCC)c2)sc2c1CCC2. The Morgan fingerprint density at radius 2 is 1.96 bits per heavy atom. The third kappa shape index (κ3) is 4.50. The Morgan fingerprint density at radius 1 is 1.15 bits per heavy atom. The maximum Gasteiger partial charge on any atom is 0.341 e. The third-order valence-electron chi connectivity index (χ3n) is 4.36. The van der Waals surface area contributed by atoms with Gasteiger partial charge >= 0.3 is 5.97 Å². The Kier molecular flexibility index (Phi) is 6.50. The molecule has 5 nitrogen and oxygen atoms in total. The second-order valence-corrected chi connectivity index (χ2v) is 7.63. The fourth-order valence-electron chi connectivity index (χ4n) is 3.10. The van der Waals surface area contributed by atoms with Gasteiger partial charge < -0.3 is 14.8 Å². The van der Waals surface area contributed by atoms with Gasteiger partial charge in [0.2, 0.25) is 0 Å². The van der Waals surface area contributed by atoms with Gasteiger partial charge in [-0.3, -0.25) is 4.79 Å². The number of rotatable bonds is 8. The largest absolute Gasteiger partial charge is 0.494 e. The van der Waals surface area contributed by atoms with Crippen molar-refractivity contribution >= 4 is 28.2 Å². The minimum Gasteiger partial charge on any atom is -0.494 e. The van der Waals surface area contributed by atoms with Gasteiger partial charge in [-0.25, -0.2) is 4.79 Å². The summed E-state index contributed by atoms with van der Waals surface area (Å²) in [4.78, 5) is 26.5. The van der Waals surface area contributed by atoms with E-state index >= 15 is 0 Å². The first-order valence-corrected chi connectivity index (χ1v) is 10.3. The predicted molar refractivity (Wildman–Crippen MR) is 107 cm³/mol. The summed E-state index contributed by atoms with van der Waals surface area (Å²) in [5.74, 6) is 0.0775. The van der Waals surface area contributed by atoms with Gasteiger partial charge in [0.15, 0.2) is 0 Å². The van der Waals surface area contributed by atoms with Gasteiger partial charge in [0.1, 0.15) is 10.8 Å². The lowest BCUT2D eigenvalue weighted by atomic mass is 10.1. The summed E-state index contributed by atoms with van der Waals surface area (Å²) < 4.78 is 10.9.